The highest BCUT2D eigenvalue weighted by molar-refractivity contribution is 7.13. The fraction of sp³-hybridized carbons (Fsp3) is 0.643. The number of carbonyl (C=O) groups excluding carboxylic acids is 1. The fourth-order valence-electron chi connectivity index (χ4n) is 2.75. The second kappa shape index (κ2) is 5.21. The number of nitrogens with zero attached hydrogens (tertiary/aromatic N) is 1. The summed E-state index contributed by atoms with van der Waals surface area (Å²) in [5, 5.41) is 0. The molecule has 1 heterocycles. The van der Waals surface area contributed by atoms with Gasteiger partial charge in [0.1, 0.15) is 0 Å². The SMILES string of the molecule is Cc1ccc(C(=O)N(C)C2CCCCC2C)s1. The molecule has 1 amide bonds. The molecular formula is C14H21NOS. The van der Waals surface area contributed by atoms with E-state index in [0.29, 0.717) is 12.0 Å². The summed E-state index contributed by atoms with van der Waals surface area (Å²) in [5.74, 6) is 0.834. The van der Waals surface area contributed by atoms with Crippen molar-refractivity contribution in [2.45, 2.75) is 45.6 Å². The van der Waals surface area contributed by atoms with Crippen LogP contribution in [0.3, 0.4) is 0 Å². The van der Waals surface area contributed by atoms with E-state index in [9.17, 15) is 4.79 Å². The molecule has 1 aliphatic rings. The topological polar surface area (TPSA) is 20.3 Å². The lowest BCUT2D eigenvalue weighted by atomic mass is 9.85. The van der Waals surface area contributed by atoms with Crippen molar-refractivity contribution >= 4 is 17.2 Å². The first-order valence-corrected chi connectivity index (χ1v) is 7.25. The zero-order valence-corrected chi connectivity index (χ0v) is 11.7. The van der Waals surface area contributed by atoms with E-state index < -0.39 is 0 Å². The number of rotatable bonds is 2. The maximum atomic E-state index is 12.3. The molecule has 0 aliphatic heterocycles. The summed E-state index contributed by atoms with van der Waals surface area (Å²) in [5.41, 5.74) is 0. The standard InChI is InChI=1S/C14H21NOS/c1-10-6-4-5-7-12(10)15(3)14(16)13-9-8-11(2)17-13/h8-10,12H,4-7H2,1-3H3. The first-order valence-electron chi connectivity index (χ1n) is 6.43. The van der Waals surface area contributed by atoms with E-state index in [-0.39, 0.29) is 5.91 Å². The van der Waals surface area contributed by atoms with E-state index in [1.54, 1.807) is 11.3 Å². The molecule has 0 saturated heterocycles. The number of amides is 1. The predicted octanol–water partition coefficient (Wildman–Crippen LogP) is 3.71. The number of hydrogen-bond acceptors (Lipinski definition) is 2. The first-order chi connectivity index (χ1) is 8.09. The maximum absolute atomic E-state index is 12.3. The summed E-state index contributed by atoms with van der Waals surface area (Å²) in [7, 11) is 1.96. The van der Waals surface area contributed by atoms with Crippen molar-refractivity contribution in [2.75, 3.05) is 7.05 Å². The van der Waals surface area contributed by atoms with Crippen molar-refractivity contribution in [2.24, 2.45) is 5.92 Å². The largest absolute Gasteiger partial charge is 0.338 e. The Morgan fingerprint density at radius 2 is 2.06 bits per heavy atom. The molecule has 3 heteroatoms. The molecule has 2 atom stereocenters. The molecule has 17 heavy (non-hydrogen) atoms. The van der Waals surface area contributed by atoms with Gasteiger partial charge in [-0.2, -0.15) is 0 Å². The minimum Gasteiger partial charge on any atom is -0.338 e. The Kier molecular flexibility index (Phi) is 3.87. The predicted molar refractivity (Wildman–Crippen MR) is 72.6 cm³/mol. The van der Waals surface area contributed by atoms with Gasteiger partial charge in [-0.3, -0.25) is 4.79 Å². The molecule has 1 aromatic heterocycles. The fourth-order valence-corrected chi connectivity index (χ4v) is 3.60. The lowest BCUT2D eigenvalue weighted by molar-refractivity contribution is 0.0634. The van der Waals surface area contributed by atoms with Gasteiger partial charge < -0.3 is 4.90 Å². The van der Waals surface area contributed by atoms with Crippen LogP contribution in [0, 0.1) is 12.8 Å². The van der Waals surface area contributed by atoms with Crippen molar-refractivity contribution < 1.29 is 4.79 Å². The van der Waals surface area contributed by atoms with E-state index in [4.69, 9.17) is 0 Å². The maximum Gasteiger partial charge on any atom is 0.263 e. The highest BCUT2D eigenvalue weighted by Gasteiger charge is 2.28. The van der Waals surface area contributed by atoms with E-state index in [0.717, 1.165) is 11.3 Å². The van der Waals surface area contributed by atoms with Gasteiger partial charge in [-0.25, -0.2) is 0 Å². The second-order valence-electron chi connectivity index (χ2n) is 5.16. The lowest BCUT2D eigenvalue weighted by Gasteiger charge is -2.36. The van der Waals surface area contributed by atoms with Crippen LogP contribution in [0.1, 0.15) is 47.2 Å². The molecule has 0 bridgehead atoms. The molecule has 2 rings (SSSR count). The minimum absolute atomic E-state index is 0.196. The third kappa shape index (κ3) is 2.71. The molecular weight excluding hydrogens is 230 g/mol. The van der Waals surface area contributed by atoms with Crippen LogP contribution in [0.2, 0.25) is 0 Å². The molecule has 0 spiro atoms. The van der Waals surface area contributed by atoms with Crippen molar-refractivity contribution in [3.63, 3.8) is 0 Å². The number of thiophene rings is 1. The molecule has 0 N–H and O–H groups in total. The molecule has 0 radical (unpaired) electrons. The monoisotopic (exact) mass is 251 g/mol. The molecule has 2 unspecified atom stereocenters. The highest BCUT2D eigenvalue weighted by atomic mass is 32.1. The Hall–Kier alpha value is -0.830. The van der Waals surface area contributed by atoms with Gasteiger partial charge in [0.2, 0.25) is 0 Å². The van der Waals surface area contributed by atoms with E-state index in [1.165, 1.54) is 24.1 Å². The quantitative estimate of drug-likeness (QED) is 0.784. The Balaban J connectivity index is 2.08. The Labute approximate surface area is 108 Å². The lowest BCUT2D eigenvalue weighted by Crippen LogP contribution is -2.42. The summed E-state index contributed by atoms with van der Waals surface area (Å²) in [6.07, 6.45) is 4.99. The third-order valence-corrected chi connectivity index (χ3v) is 4.82. The summed E-state index contributed by atoms with van der Waals surface area (Å²) < 4.78 is 0. The van der Waals surface area contributed by atoms with E-state index in [2.05, 4.69) is 6.92 Å². The third-order valence-electron chi connectivity index (χ3n) is 3.84. The van der Waals surface area contributed by atoms with Crippen molar-refractivity contribution in [3.05, 3.63) is 21.9 Å². The second-order valence-corrected chi connectivity index (χ2v) is 6.44. The van der Waals surface area contributed by atoms with Gasteiger partial charge in [-0.15, -0.1) is 11.3 Å². The molecule has 1 saturated carbocycles. The highest BCUT2D eigenvalue weighted by Crippen LogP contribution is 2.29. The first kappa shape index (κ1) is 12.6. The number of carbonyl (C=O) groups is 1. The molecule has 1 aliphatic carbocycles. The van der Waals surface area contributed by atoms with Crippen LogP contribution >= 0.6 is 11.3 Å². The van der Waals surface area contributed by atoms with Gasteiger partial charge >= 0.3 is 0 Å². The Morgan fingerprint density at radius 3 is 2.65 bits per heavy atom. The zero-order chi connectivity index (χ0) is 12.4. The van der Waals surface area contributed by atoms with E-state index in [1.807, 2.05) is 31.0 Å². The average molecular weight is 251 g/mol. The summed E-state index contributed by atoms with van der Waals surface area (Å²) in [6.45, 7) is 4.32. The van der Waals surface area contributed by atoms with Crippen LogP contribution in [0.4, 0.5) is 0 Å². The van der Waals surface area contributed by atoms with Crippen molar-refractivity contribution in [1.82, 2.24) is 4.90 Å². The number of aryl methyl sites for hydroxylation is 1. The zero-order valence-electron chi connectivity index (χ0n) is 10.9. The Bertz CT molecular complexity index is 399. The van der Waals surface area contributed by atoms with Crippen LogP contribution < -0.4 is 0 Å². The molecule has 2 nitrogen and oxygen atoms in total. The Morgan fingerprint density at radius 1 is 1.35 bits per heavy atom. The van der Waals surface area contributed by atoms with Crippen LogP contribution in [-0.4, -0.2) is 23.9 Å². The van der Waals surface area contributed by atoms with Crippen LogP contribution in [0.25, 0.3) is 0 Å². The van der Waals surface area contributed by atoms with Gasteiger partial charge in [-0.05, 0) is 37.8 Å². The van der Waals surface area contributed by atoms with Crippen LogP contribution in [-0.2, 0) is 0 Å². The summed E-state index contributed by atoms with van der Waals surface area (Å²) in [4.78, 5) is 16.4. The van der Waals surface area contributed by atoms with Crippen LogP contribution in [0.5, 0.6) is 0 Å². The smallest absolute Gasteiger partial charge is 0.263 e. The summed E-state index contributed by atoms with van der Waals surface area (Å²) in [6, 6.07) is 4.40. The van der Waals surface area contributed by atoms with Crippen LogP contribution in [0.15, 0.2) is 12.1 Å². The molecule has 1 fully saturated rings. The molecule has 1 aromatic rings. The summed E-state index contributed by atoms with van der Waals surface area (Å²) >= 11 is 1.60. The van der Waals surface area contributed by atoms with Gasteiger partial charge in [0.15, 0.2) is 0 Å². The molecule has 94 valence electrons. The molecule has 0 aromatic carbocycles. The van der Waals surface area contributed by atoms with Gasteiger partial charge in [0.05, 0.1) is 4.88 Å². The average Bonchev–Trinajstić information content (AvgIpc) is 2.75. The van der Waals surface area contributed by atoms with Gasteiger partial charge in [0, 0.05) is 18.0 Å². The van der Waals surface area contributed by atoms with E-state index >= 15 is 0 Å². The number of hydrogen-bond donors (Lipinski definition) is 0. The van der Waals surface area contributed by atoms with Gasteiger partial charge in [0.25, 0.3) is 5.91 Å². The van der Waals surface area contributed by atoms with Crippen molar-refractivity contribution in [3.8, 4) is 0 Å². The van der Waals surface area contributed by atoms with Crippen molar-refractivity contribution in [1.29, 1.82) is 0 Å². The normalized spacial score (nSPS) is 24.6. The van der Waals surface area contributed by atoms with Gasteiger partial charge in [-0.1, -0.05) is 19.8 Å². The minimum atomic E-state index is 0.196.